The molecule has 0 radical (unpaired) electrons. The van der Waals surface area contributed by atoms with Gasteiger partial charge in [-0.1, -0.05) is 17.4 Å². The van der Waals surface area contributed by atoms with Gasteiger partial charge in [-0.15, -0.1) is 0 Å². The van der Waals surface area contributed by atoms with Crippen molar-refractivity contribution in [3.05, 3.63) is 35.8 Å². The number of amides is 1. The van der Waals surface area contributed by atoms with Gasteiger partial charge in [0, 0.05) is 44.2 Å². The van der Waals surface area contributed by atoms with Crippen molar-refractivity contribution < 1.29 is 27.5 Å². The first-order valence-corrected chi connectivity index (χ1v) is 14.0. The molecular formula is C23H29N7O6S2. The minimum atomic E-state index is -3.75. The van der Waals surface area contributed by atoms with E-state index in [0.29, 0.717) is 60.7 Å². The number of sulfonamides is 1. The highest BCUT2D eigenvalue weighted by Crippen LogP contribution is 2.30. The number of carbonyl (C=O) groups excluding carboxylic acids is 2. The first kappa shape index (κ1) is 27.6. The number of ether oxygens (including phenoxy) is 2. The Morgan fingerprint density at radius 3 is 2.55 bits per heavy atom. The summed E-state index contributed by atoms with van der Waals surface area (Å²) >= 11 is 0.904. The number of methoxy groups -OCH3 is 2. The Kier molecular flexibility index (Phi) is 8.40. The normalized spacial score (nSPS) is 15.7. The lowest BCUT2D eigenvalue weighted by Gasteiger charge is -2.35. The molecule has 1 aromatic carbocycles. The lowest BCUT2D eigenvalue weighted by molar-refractivity contribution is 0.0602. The number of hydrogen-bond acceptors (Lipinski definition) is 12. The van der Waals surface area contributed by atoms with Crippen LogP contribution in [0.2, 0.25) is 0 Å². The number of aromatic nitrogens is 3. The van der Waals surface area contributed by atoms with Crippen molar-refractivity contribution in [3.8, 4) is 0 Å². The molecule has 0 bridgehead atoms. The highest BCUT2D eigenvalue weighted by molar-refractivity contribution is 7.91. The third-order valence-electron chi connectivity index (χ3n) is 6.04. The molecule has 2 N–H and O–H groups in total. The number of aryl methyl sites for hydroxylation is 1. The largest absolute Gasteiger partial charge is 0.465 e. The van der Waals surface area contributed by atoms with Gasteiger partial charge in [-0.05, 0) is 26.0 Å². The molecule has 1 atom stereocenters. The molecule has 3 heterocycles. The second-order valence-corrected chi connectivity index (χ2v) is 11.8. The van der Waals surface area contributed by atoms with Crippen LogP contribution in [0.1, 0.15) is 23.0 Å². The number of esters is 1. The van der Waals surface area contributed by atoms with Gasteiger partial charge in [-0.2, -0.15) is 4.31 Å². The van der Waals surface area contributed by atoms with Crippen molar-refractivity contribution in [2.24, 2.45) is 0 Å². The zero-order valence-corrected chi connectivity index (χ0v) is 23.1. The number of para-hydroxylation sites is 1. The van der Waals surface area contributed by atoms with Crippen LogP contribution in [0.5, 0.6) is 0 Å². The monoisotopic (exact) mass is 563 g/mol. The third kappa shape index (κ3) is 5.85. The maximum atomic E-state index is 13.2. The van der Waals surface area contributed by atoms with Gasteiger partial charge >= 0.3 is 12.1 Å². The molecular weight excluding hydrogens is 534 g/mol. The molecule has 0 aliphatic carbocycles. The molecule has 1 fully saturated rings. The molecule has 13 nitrogen and oxygen atoms in total. The zero-order chi connectivity index (χ0) is 27.4. The standard InChI is InChI=1S/C23H29N7O6S2/c1-14(26-19-16-6-5-7-17(20(31)35-3)18(16)24-13-25-19)12-29-8-10-30(11-9-29)38(33,34)21-15(2)27-22(37-21)28-23(32)36-4/h5-7,13-14H,8-12H2,1-4H3,(H,24,25,26)(H,27,28,32). The molecule has 38 heavy (non-hydrogen) atoms. The summed E-state index contributed by atoms with van der Waals surface area (Å²) in [6.45, 7) is 6.01. The van der Waals surface area contributed by atoms with Crippen molar-refractivity contribution in [2.45, 2.75) is 24.1 Å². The van der Waals surface area contributed by atoms with Gasteiger partial charge in [0.05, 0.1) is 31.0 Å². The van der Waals surface area contributed by atoms with E-state index in [9.17, 15) is 18.0 Å². The van der Waals surface area contributed by atoms with Crippen LogP contribution in [-0.4, -0.2) is 97.6 Å². The predicted molar refractivity (Wildman–Crippen MR) is 142 cm³/mol. The molecule has 1 saturated heterocycles. The maximum Gasteiger partial charge on any atom is 0.413 e. The highest BCUT2D eigenvalue weighted by atomic mass is 32.2. The Morgan fingerprint density at radius 2 is 1.87 bits per heavy atom. The number of nitrogens with zero attached hydrogens (tertiary/aromatic N) is 5. The molecule has 1 amide bonds. The molecule has 1 unspecified atom stereocenters. The summed E-state index contributed by atoms with van der Waals surface area (Å²) in [5, 5.41) is 6.68. The number of carbonyl (C=O) groups is 2. The third-order valence-corrected chi connectivity index (χ3v) is 9.60. The predicted octanol–water partition coefficient (Wildman–Crippen LogP) is 2.17. The molecule has 3 aromatic rings. The smallest absolute Gasteiger partial charge is 0.413 e. The summed E-state index contributed by atoms with van der Waals surface area (Å²) in [4.78, 5) is 38.5. The minimum absolute atomic E-state index is 0.0197. The van der Waals surface area contributed by atoms with Crippen LogP contribution in [0.15, 0.2) is 28.7 Å². The Bertz CT molecular complexity index is 1440. The van der Waals surface area contributed by atoms with Gasteiger partial charge in [-0.3, -0.25) is 10.2 Å². The van der Waals surface area contributed by atoms with Gasteiger partial charge in [0.1, 0.15) is 12.1 Å². The Balaban J connectivity index is 1.38. The van der Waals surface area contributed by atoms with E-state index < -0.39 is 22.1 Å². The fourth-order valence-corrected chi connectivity index (χ4v) is 7.18. The Morgan fingerprint density at radius 1 is 1.13 bits per heavy atom. The number of anilines is 2. The molecule has 2 aromatic heterocycles. The van der Waals surface area contributed by atoms with Gasteiger partial charge in [0.15, 0.2) is 9.34 Å². The summed E-state index contributed by atoms with van der Waals surface area (Å²) < 4.78 is 37.4. The van der Waals surface area contributed by atoms with E-state index >= 15 is 0 Å². The molecule has 15 heteroatoms. The Labute approximate surface area is 224 Å². The summed E-state index contributed by atoms with van der Waals surface area (Å²) in [5.41, 5.74) is 1.20. The van der Waals surface area contributed by atoms with E-state index in [1.54, 1.807) is 19.1 Å². The maximum absolute atomic E-state index is 13.2. The van der Waals surface area contributed by atoms with Crippen LogP contribution in [0.25, 0.3) is 10.9 Å². The molecule has 1 aliphatic rings. The molecule has 4 rings (SSSR count). The summed E-state index contributed by atoms with van der Waals surface area (Å²) in [6, 6.07) is 5.24. The van der Waals surface area contributed by atoms with Crippen LogP contribution in [-0.2, 0) is 19.5 Å². The average Bonchev–Trinajstić information content (AvgIpc) is 3.28. The van der Waals surface area contributed by atoms with E-state index in [4.69, 9.17) is 4.74 Å². The second kappa shape index (κ2) is 11.6. The molecule has 0 saturated carbocycles. The number of hydrogen-bond donors (Lipinski definition) is 2. The second-order valence-electron chi connectivity index (χ2n) is 8.67. The van der Waals surface area contributed by atoms with Crippen molar-refractivity contribution in [3.63, 3.8) is 0 Å². The summed E-state index contributed by atoms with van der Waals surface area (Å²) in [7, 11) is -1.20. The molecule has 0 spiro atoms. The van der Waals surface area contributed by atoms with Crippen LogP contribution in [0.3, 0.4) is 0 Å². The van der Waals surface area contributed by atoms with Crippen LogP contribution < -0.4 is 10.6 Å². The van der Waals surface area contributed by atoms with Crippen LogP contribution in [0.4, 0.5) is 15.7 Å². The average molecular weight is 564 g/mol. The lowest BCUT2D eigenvalue weighted by atomic mass is 10.1. The summed E-state index contributed by atoms with van der Waals surface area (Å²) in [6.07, 6.45) is 0.693. The van der Waals surface area contributed by atoms with Gasteiger partial charge < -0.3 is 14.8 Å². The van der Waals surface area contributed by atoms with Crippen molar-refractivity contribution >= 4 is 55.3 Å². The number of fused-ring (bicyclic) bond motifs is 1. The summed E-state index contributed by atoms with van der Waals surface area (Å²) in [5.74, 6) is 0.136. The highest BCUT2D eigenvalue weighted by Gasteiger charge is 2.32. The van der Waals surface area contributed by atoms with Crippen LogP contribution >= 0.6 is 11.3 Å². The van der Waals surface area contributed by atoms with Crippen molar-refractivity contribution in [1.82, 2.24) is 24.2 Å². The van der Waals surface area contributed by atoms with E-state index in [1.807, 2.05) is 13.0 Å². The number of rotatable bonds is 8. The SMILES string of the molecule is COC(=O)Nc1nc(C)c(S(=O)(=O)N2CCN(CC(C)Nc3ncnc4c(C(=O)OC)cccc34)CC2)s1. The first-order chi connectivity index (χ1) is 18.1. The zero-order valence-electron chi connectivity index (χ0n) is 21.4. The topological polar surface area (TPSA) is 156 Å². The number of benzene rings is 1. The first-order valence-electron chi connectivity index (χ1n) is 11.8. The number of thiazole rings is 1. The van der Waals surface area contributed by atoms with E-state index in [1.165, 1.54) is 24.9 Å². The van der Waals surface area contributed by atoms with Gasteiger partial charge in [-0.25, -0.2) is 33.0 Å². The quantitative estimate of drug-likeness (QED) is 0.387. The van der Waals surface area contributed by atoms with Gasteiger partial charge in [0.2, 0.25) is 0 Å². The molecule has 1 aliphatic heterocycles. The van der Waals surface area contributed by atoms with E-state index in [0.717, 1.165) is 11.3 Å². The Hall–Kier alpha value is -3.40. The fourth-order valence-electron chi connectivity index (χ4n) is 4.23. The van der Waals surface area contributed by atoms with Crippen molar-refractivity contribution in [1.29, 1.82) is 0 Å². The fraction of sp³-hybridized carbons (Fsp3) is 0.435. The van der Waals surface area contributed by atoms with E-state index in [-0.39, 0.29) is 15.4 Å². The van der Waals surface area contributed by atoms with Gasteiger partial charge in [0.25, 0.3) is 10.0 Å². The number of nitrogens with one attached hydrogen (secondary N) is 2. The number of piperazine rings is 1. The van der Waals surface area contributed by atoms with E-state index in [2.05, 4.69) is 35.2 Å². The minimum Gasteiger partial charge on any atom is -0.465 e. The van der Waals surface area contributed by atoms with Crippen molar-refractivity contribution in [2.75, 3.05) is 57.6 Å². The van der Waals surface area contributed by atoms with Crippen LogP contribution in [0, 0.1) is 6.92 Å². The lowest BCUT2D eigenvalue weighted by Crippen LogP contribution is -2.50. The molecule has 204 valence electrons.